The van der Waals surface area contributed by atoms with E-state index in [1.54, 1.807) is 18.2 Å². The van der Waals surface area contributed by atoms with Gasteiger partial charge in [0.1, 0.15) is 5.82 Å². The van der Waals surface area contributed by atoms with E-state index in [4.69, 9.17) is 11.6 Å². The predicted octanol–water partition coefficient (Wildman–Crippen LogP) is 2.32. The number of nitrogens with one attached hydrogen (secondary N) is 2. The van der Waals surface area contributed by atoms with Gasteiger partial charge in [0.25, 0.3) is 5.56 Å². The lowest BCUT2D eigenvalue weighted by molar-refractivity contribution is 0.543. The second-order valence-electron chi connectivity index (χ2n) is 4.70. The topological polar surface area (TPSA) is 57.8 Å². The van der Waals surface area contributed by atoms with Gasteiger partial charge in [-0.2, -0.15) is 0 Å². The summed E-state index contributed by atoms with van der Waals surface area (Å²) < 4.78 is 0. The van der Waals surface area contributed by atoms with E-state index in [2.05, 4.69) is 29.1 Å². The summed E-state index contributed by atoms with van der Waals surface area (Å²) in [5.41, 5.74) is 0.505. The molecule has 2 aromatic rings. The average Bonchev–Trinajstić information content (AvgIpc) is 2.27. The summed E-state index contributed by atoms with van der Waals surface area (Å²) in [5, 5.41) is 4.39. The van der Waals surface area contributed by atoms with Crippen molar-refractivity contribution >= 4 is 22.5 Å². The highest BCUT2D eigenvalue weighted by Crippen LogP contribution is 2.14. The van der Waals surface area contributed by atoms with Crippen molar-refractivity contribution in [2.24, 2.45) is 5.92 Å². The number of hydrogen-bond acceptors (Lipinski definition) is 3. The molecule has 0 bridgehead atoms. The fraction of sp³-hybridized carbons (Fsp3) is 0.385. The molecule has 1 heterocycles. The Morgan fingerprint density at radius 2 is 2.22 bits per heavy atom. The van der Waals surface area contributed by atoms with Gasteiger partial charge in [-0.1, -0.05) is 25.4 Å². The van der Waals surface area contributed by atoms with E-state index in [1.165, 1.54) is 0 Å². The number of halogens is 1. The Balaban J connectivity index is 2.27. The average molecular weight is 266 g/mol. The molecule has 0 atom stereocenters. The van der Waals surface area contributed by atoms with Crippen molar-refractivity contribution in [2.75, 3.05) is 6.54 Å². The molecule has 0 saturated heterocycles. The van der Waals surface area contributed by atoms with E-state index in [0.717, 1.165) is 6.54 Å². The number of hydrogen-bond donors (Lipinski definition) is 2. The van der Waals surface area contributed by atoms with Gasteiger partial charge in [-0.25, -0.2) is 4.98 Å². The number of fused-ring (bicyclic) bond motifs is 1. The molecule has 1 aromatic carbocycles. The minimum Gasteiger partial charge on any atom is -0.310 e. The van der Waals surface area contributed by atoms with Crippen LogP contribution in [-0.2, 0) is 6.54 Å². The van der Waals surface area contributed by atoms with Gasteiger partial charge in [0.2, 0.25) is 0 Å². The van der Waals surface area contributed by atoms with Crippen LogP contribution < -0.4 is 10.9 Å². The van der Waals surface area contributed by atoms with Crippen LogP contribution in [-0.4, -0.2) is 16.5 Å². The van der Waals surface area contributed by atoms with E-state index < -0.39 is 0 Å². The molecule has 18 heavy (non-hydrogen) atoms. The summed E-state index contributed by atoms with van der Waals surface area (Å²) in [7, 11) is 0. The summed E-state index contributed by atoms with van der Waals surface area (Å²) in [4.78, 5) is 19.0. The highest BCUT2D eigenvalue weighted by molar-refractivity contribution is 6.31. The third-order valence-corrected chi connectivity index (χ3v) is 2.80. The van der Waals surface area contributed by atoms with Gasteiger partial charge in [-0.05, 0) is 30.7 Å². The Labute approximate surface area is 110 Å². The molecule has 0 aliphatic heterocycles. The van der Waals surface area contributed by atoms with Crippen molar-refractivity contribution < 1.29 is 0 Å². The predicted molar refractivity (Wildman–Crippen MR) is 73.9 cm³/mol. The second kappa shape index (κ2) is 5.50. The van der Waals surface area contributed by atoms with E-state index in [-0.39, 0.29) is 5.56 Å². The van der Waals surface area contributed by atoms with Crippen molar-refractivity contribution in [1.82, 2.24) is 15.3 Å². The van der Waals surface area contributed by atoms with Crippen molar-refractivity contribution in [3.8, 4) is 0 Å². The number of H-pyrrole nitrogens is 1. The Hall–Kier alpha value is -1.39. The second-order valence-corrected chi connectivity index (χ2v) is 5.14. The summed E-state index contributed by atoms with van der Waals surface area (Å²) in [6, 6.07) is 5.09. The van der Waals surface area contributed by atoms with Crippen LogP contribution >= 0.6 is 11.6 Å². The molecule has 5 heteroatoms. The van der Waals surface area contributed by atoms with Crippen LogP contribution in [0.1, 0.15) is 19.7 Å². The van der Waals surface area contributed by atoms with Crippen LogP contribution in [0.2, 0.25) is 5.02 Å². The third kappa shape index (κ3) is 3.09. The fourth-order valence-electron chi connectivity index (χ4n) is 1.72. The van der Waals surface area contributed by atoms with E-state index in [9.17, 15) is 4.79 Å². The van der Waals surface area contributed by atoms with Gasteiger partial charge < -0.3 is 10.3 Å². The van der Waals surface area contributed by atoms with Gasteiger partial charge in [0, 0.05) is 5.02 Å². The Kier molecular flexibility index (Phi) is 3.99. The minimum absolute atomic E-state index is 0.127. The SMILES string of the molecule is CC(C)CNCc1nc2cc(Cl)ccc2c(=O)[nH]1. The first kappa shape index (κ1) is 13.1. The molecular formula is C13H16ClN3O. The van der Waals surface area contributed by atoms with Crippen molar-refractivity contribution in [1.29, 1.82) is 0 Å². The standard InChI is InChI=1S/C13H16ClN3O/c1-8(2)6-15-7-12-16-11-5-9(14)3-4-10(11)13(18)17-12/h3-5,8,15H,6-7H2,1-2H3,(H,16,17,18). The van der Waals surface area contributed by atoms with E-state index >= 15 is 0 Å². The number of nitrogens with zero attached hydrogens (tertiary/aromatic N) is 1. The zero-order valence-corrected chi connectivity index (χ0v) is 11.2. The van der Waals surface area contributed by atoms with Crippen LogP contribution in [0.25, 0.3) is 10.9 Å². The fourth-order valence-corrected chi connectivity index (χ4v) is 1.89. The van der Waals surface area contributed by atoms with Crippen molar-refractivity contribution in [3.63, 3.8) is 0 Å². The first-order valence-corrected chi connectivity index (χ1v) is 6.33. The van der Waals surface area contributed by atoms with Crippen LogP contribution in [0.4, 0.5) is 0 Å². The summed E-state index contributed by atoms with van der Waals surface area (Å²) in [6.07, 6.45) is 0. The molecular weight excluding hydrogens is 250 g/mol. The zero-order chi connectivity index (χ0) is 13.1. The molecule has 96 valence electrons. The van der Waals surface area contributed by atoms with Crippen molar-refractivity contribution in [3.05, 3.63) is 39.4 Å². The summed E-state index contributed by atoms with van der Waals surface area (Å²) >= 11 is 5.90. The molecule has 0 radical (unpaired) electrons. The number of rotatable bonds is 4. The van der Waals surface area contributed by atoms with Gasteiger partial charge >= 0.3 is 0 Å². The summed E-state index contributed by atoms with van der Waals surface area (Å²) in [5.74, 6) is 1.20. The van der Waals surface area contributed by atoms with Gasteiger partial charge in [-0.15, -0.1) is 0 Å². The van der Waals surface area contributed by atoms with Gasteiger partial charge in [0.15, 0.2) is 0 Å². The van der Waals surface area contributed by atoms with Crippen molar-refractivity contribution in [2.45, 2.75) is 20.4 Å². The smallest absolute Gasteiger partial charge is 0.258 e. The number of aromatic amines is 1. The van der Waals surface area contributed by atoms with Gasteiger partial charge in [-0.3, -0.25) is 4.79 Å². The lowest BCUT2D eigenvalue weighted by Crippen LogP contribution is -2.22. The van der Waals surface area contributed by atoms with Crippen LogP contribution in [0.15, 0.2) is 23.0 Å². The maximum atomic E-state index is 11.8. The maximum Gasteiger partial charge on any atom is 0.258 e. The number of aromatic nitrogens is 2. The zero-order valence-electron chi connectivity index (χ0n) is 10.5. The van der Waals surface area contributed by atoms with Crippen LogP contribution in [0.5, 0.6) is 0 Å². The lowest BCUT2D eigenvalue weighted by Gasteiger charge is -2.07. The quantitative estimate of drug-likeness (QED) is 0.892. The normalized spacial score (nSPS) is 11.3. The van der Waals surface area contributed by atoms with E-state index in [1.807, 2.05) is 0 Å². The molecule has 2 rings (SSSR count). The Bertz CT molecular complexity index is 607. The van der Waals surface area contributed by atoms with E-state index in [0.29, 0.717) is 34.2 Å². The molecule has 4 nitrogen and oxygen atoms in total. The highest BCUT2D eigenvalue weighted by atomic mass is 35.5. The molecule has 0 aliphatic rings. The van der Waals surface area contributed by atoms with Gasteiger partial charge in [0.05, 0.1) is 17.4 Å². The Morgan fingerprint density at radius 3 is 2.94 bits per heavy atom. The molecule has 2 N–H and O–H groups in total. The molecule has 0 saturated carbocycles. The molecule has 0 unspecified atom stereocenters. The first-order valence-electron chi connectivity index (χ1n) is 5.95. The lowest BCUT2D eigenvalue weighted by atomic mass is 10.2. The van der Waals surface area contributed by atoms with Crippen LogP contribution in [0, 0.1) is 5.92 Å². The number of benzene rings is 1. The largest absolute Gasteiger partial charge is 0.310 e. The maximum absolute atomic E-state index is 11.8. The molecule has 0 spiro atoms. The highest BCUT2D eigenvalue weighted by Gasteiger charge is 2.04. The Morgan fingerprint density at radius 1 is 1.44 bits per heavy atom. The molecule has 1 aromatic heterocycles. The monoisotopic (exact) mass is 265 g/mol. The minimum atomic E-state index is -0.127. The first-order chi connectivity index (χ1) is 8.56. The van der Waals surface area contributed by atoms with Crippen LogP contribution in [0.3, 0.4) is 0 Å². The molecule has 0 fully saturated rings. The molecule has 0 amide bonds. The summed E-state index contributed by atoms with van der Waals surface area (Å²) in [6.45, 7) is 5.69. The third-order valence-electron chi connectivity index (χ3n) is 2.56. The molecule has 0 aliphatic carbocycles.